The van der Waals surface area contributed by atoms with Crippen molar-refractivity contribution in [2.75, 3.05) is 0 Å². The van der Waals surface area contributed by atoms with Crippen LogP contribution in [0.15, 0.2) is 85.0 Å². The second kappa shape index (κ2) is 4.49. The molecule has 1 saturated carbocycles. The summed E-state index contributed by atoms with van der Waals surface area (Å²) in [6.45, 7) is 0. The molecule has 1 fully saturated rings. The van der Waals surface area contributed by atoms with Crippen molar-refractivity contribution in [3.63, 3.8) is 0 Å². The maximum Gasteiger partial charge on any atom is 0.0305 e. The Hall–Kier alpha value is -2.08. The van der Waals surface area contributed by atoms with Gasteiger partial charge in [0.2, 0.25) is 0 Å². The van der Waals surface area contributed by atoms with Crippen LogP contribution in [-0.2, 0) is 5.41 Å². The fourth-order valence-electron chi connectivity index (χ4n) is 4.00. The number of benzene rings is 2. The van der Waals surface area contributed by atoms with E-state index < -0.39 is 0 Å². The highest BCUT2D eigenvalue weighted by atomic mass is 14.7. The summed E-state index contributed by atoms with van der Waals surface area (Å²) in [5.74, 6) is 1.32. The van der Waals surface area contributed by atoms with Crippen LogP contribution in [0.4, 0.5) is 0 Å². The van der Waals surface area contributed by atoms with Gasteiger partial charge in [0.25, 0.3) is 0 Å². The van der Waals surface area contributed by atoms with Crippen LogP contribution >= 0.6 is 0 Å². The van der Waals surface area contributed by atoms with E-state index in [0.717, 1.165) is 0 Å². The van der Waals surface area contributed by atoms with E-state index in [9.17, 15) is 0 Å². The summed E-state index contributed by atoms with van der Waals surface area (Å²) < 4.78 is 0. The van der Waals surface area contributed by atoms with Gasteiger partial charge in [-0.05, 0) is 29.4 Å². The van der Waals surface area contributed by atoms with E-state index in [0.29, 0.717) is 11.8 Å². The van der Waals surface area contributed by atoms with E-state index in [-0.39, 0.29) is 5.41 Å². The summed E-state index contributed by atoms with van der Waals surface area (Å²) in [6, 6.07) is 22.0. The van der Waals surface area contributed by atoms with Gasteiger partial charge in [-0.15, -0.1) is 0 Å². The van der Waals surface area contributed by atoms with Gasteiger partial charge in [0.05, 0.1) is 0 Å². The molecule has 2 atom stereocenters. The summed E-state index contributed by atoms with van der Waals surface area (Å²) in [4.78, 5) is 0. The first kappa shape index (κ1) is 11.7. The molecule has 20 heavy (non-hydrogen) atoms. The average molecular weight is 258 g/mol. The molecule has 0 heteroatoms. The van der Waals surface area contributed by atoms with E-state index in [1.54, 1.807) is 0 Å². The molecule has 0 N–H and O–H groups in total. The molecule has 4 rings (SSSR count). The average Bonchev–Trinajstić information content (AvgIpc) is 3.21. The van der Waals surface area contributed by atoms with Gasteiger partial charge in [-0.2, -0.15) is 0 Å². The Morgan fingerprint density at radius 3 is 1.95 bits per heavy atom. The normalized spacial score (nSPS) is 25.8. The van der Waals surface area contributed by atoms with Crippen LogP contribution in [0.3, 0.4) is 0 Å². The summed E-state index contributed by atoms with van der Waals surface area (Å²) >= 11 is 0. The minimum Gasteiger partial charge on any atom is -0.0842 e. The van der Waals surface area contributed by atoms with Crippen LogP contribution in [0.1, 0.15) is 17.5 Å². The Balaban J connectivity index is 1.88. The molecule has 0 aliphatic heterocycles. The molecule has 0 unspecified atom stereocenters. The molecule has 0 radical (unpaired) electrons. The van der Waals surface area contributed by atoms with Crippen molar-refractivity contribution in [2.24, 2.45) is 11.8 Å². The van der Waals surface area contributed by atoms with Gasteiger partial charge in [-0.25, -0.2) is 0 Å². The molecule has 0 amide bonds. The fourth-order valence-corrected chi connectivity index (χ4v) is 4.00. The van der Waals surface area contributed by atoms with Crippen molar-refractivity contribution in [3.8, 4) is 0 Å². The van der Waals surface area contributed by atoms with E-state index >= 15 is 0 Å². The predicted octanol–water partition coefficient (Wildman–Crippen LogP) is 4.73. The molecule has 0 nitrogen and oxygen atoms in total. The molecule has 98 valence electrons. The van der Waals surface area contributed by atoms with Crippen molar-refractivity contribution in [1.29, 1.82) is 0 Å². The quantitative estimate of drug-likeness (QED) is 0.730. The van der Waals surface area contributed by atoms with Crippen LogP contribution in [0, 0.1) is 11.8 Å². The first-order chi connectivity index (χ1) is 9.94. The van der Waals surface area contributed by atoms with E-state index in [4.69, 9.17) is 0 Å². The third kappa shape index (κ3) is 1.54. The van der Waals surface area contributed by atoms with E-state index in [1.165, 1.54) is 17.5 Å². The maximum absolute atomic E-state index is 2.40. The minimum atomic E-state index is 0.184. The van der Waals surface area contributed by atoms with Gasteiger partial charge in [-0.1, -0.05) is 85.0 Å². The van der Waals surface area contributed by atoms with Gasteiger partial charge in [0.1, 0.15) is 0 Å². The van der Waals surface area contributed by atoms with Crippen molar-refractivity contribution in [1.82, 2.24) is 0 Å². The maximum atomic E-state index is 2.40. The smallest absolute Gasteiger partial charge is 0.0305 e. The molecule has 0 aromatic heterocycles. The monoisotopic (exact) mass is 258 g/mol. The lowest BCUT2D eigenvalue weighted by Gasteiger charge is -2.20. The summed E-state index contributed by atoms with van der Waals surface area (Å²) in [7, 11) is 0. The number of hydrogen-bond donors (Lipinski definition) is 0. The fraction of sp³-hybridized carbons (Fsp3) is 0.200. The molecule has 0 bridgehead atoms. The van der Waals surface area contributed by atoms with Crippen LogP contribution < -0.4 is 0 Å². The zero-order valence-electron chi connectivity index (χ0n) is 11.4. The molecule has 2 aliphatic rings. The zero-order valence-corrected chi connectivity index (χ0v) is 11.4. The highest BCUT2D eigenvalue weighted by Gasteiger charge is 2.64. The van der Waals surface area contributed by atoms with Gasteiger partial charge < -0.3 is 0 Å². The molecule has 0 heterocycles. The van der Waals surface area contributed by atoms with Crippen molar-refractivity contribution < 1.29 is 0 Å². The first-order valence-electron chi connectivity index (χ1n) is 7.38. The number of fused-ring (bicyclic) bond motifs is 1. The largest absolute Gasteiger partial charge is 0.0842 e. The van der Waals surface area contributed by atoms with Crippen LogP contribution in [0.2, 0.25) is 0 Å². The molecule has 0 saturated heterocycles. The first-order valence-corrected chi connectivity index (χ1v) is 7.38. The molecular weight excluding hydrogens is 240 g/mol. The van der Waals surface area contributed by atoms with Gasteiger partial charge in [0, 0.05) is 5.41 Å². The standard InChI is InChI=1S/C20H18/c1-4-10-16(11-5-1)20(17-12-6-2-7-13-17)18-14-8-3-9-15-19(18)20/h1-14,18-19H,15H2/t18-,19+/m0/s1. The minimum absolute atomic E-state index is 0.184. The lowest BCUT2D eigenvalue weighted by Crippen LogP contribution is -2.14. The number of hydrogen-bond acceptors (Lipinski definition) is 0. The lowest BCUT2D eigenvalue weighted by molar-refractivity contribution is 0.704. The Morgan fingerprint density at radius 1 is 0.750 bits per heavy atom. The summed E-state index contributed by atoms with van der Waals surface area (Å²) in [5, 5.41) is 0. The molecule has 2 aromatic carbocycles. The number of rotatable bonds is 2. The highest BCUT2D eigenvalue weighted by Crippen LogP contribution is 2.66. The Morgan fingerprint density at radius 2 is 1.35 bits per heavy atom. The van der Waals surface area contributed by atoms with Crippen LogP contribution in [0.25, 0.3) is 0 Å². The second-order valence-corrected chi connectivity index (χ2v) is 5.78. The summed E-state index contributed by atoms with van der Waals surface area (Å²) in [6.07, 6.45) is 10.3. The SMILES string of the molecule is C1=CC[C@@H]2[C@H](C=C1)C2(c1ccccc1)c1ccccc1. The van der Waals surface area contributed by atoms with Gasteiger partial charge in [-0.3, -0.25) is 0 Å². The van der Waals surface area contributed by atoms with Gasteiger partial charge in [0.15, 0.2) is 0 Å². The van der Waals surface area contributed by atoms with Crippen molar-refractivity contribution >= 4 is 0 Å². The van der Waals surface area contributed by atoms with Gasteiger partial charge >= 0.3 is 0 Å². The molecule has 2 aliphatic carbocycles. The summed E-state index contributed by atoms with van der Waals surface area (Å²) in [5.41, 5.74) is 3.10. The zero-order chi connectivity index (χ0) is 13.4. The molecule has 2 aromatic rings. The van der Waals surface area contributed by atoms with Crippen molar-refractivity contribution in [3.05, 3.63) is 96.1 Å². The third-order valence-corrected chi connectivity index (χ3v) is 4.89. The second-order valence-electron chi connectivity index (χ2n) is 5.78. The van der Waals surface area contributed by atoms with E-state index in [1.807, 2.05) is 0 Å². The Bertz CT molecular complexity index is 609. The molecular formula is C20H18. The lowest BCUT2D eigenvalue weighted by atomic mass is 9.83. The highest BCUT2D eigenvalue weighted by molar-refractivity contribution is 5.52. The predicted molar refractivity (Wildman–Crippen MR) is 83.5 cm³/mol. The van der Waals surface area contributed by atoms with E-state index in [2.05, 4.69) is 85.0 Å². The Kier molecular flexibility index (Phi) is 2.63. The number of allylic oxidation sites excluding steroid dienone is 4. The molecule has 0 spiro atoms. The van der Waals surface area contributed by atoms with Crippen molar-refractivity contribution in [2.45, 2.75) is 11.8 Å². The third-order valence-electron chi connectivity index (χ3n) is 4.89. The Labute approximate surface area is 120 Å². The topological polar surface area (TPSA) is 0 Å². The van der Waals surface area contributed by atoms with Crippen LogP contribution in [-0.4, -0.2) is 0 Å². The van der Waals surface area contributed by atoms with Crippen LogP contribution in [0.5, 0.6) is 0 Å².